The first-order valence-corrected chi connectivity index (χ1v) is 11.0. The quantitative estimate of drug-likeness (QED) is 0.674. The van der Waals surface area contributed by atoms with Crippen LogP contribution >= 0.6 is 0 Å². The topological polar surface area (TPSA) is 89.2 Å². The van der Waals surface area contributed by atoms with Crippen LogP contribution in [-0.2, 0) is 14.3 Å². The normalized spacial score (nSPS) is 27.4. The molecule has 5 rings (SSSR count). The molecule has 0 saturated carbocycles. The number of hydrogen-bond donors (Lipinski definition) is 2. The molecule has 2 unspecified atom stereocenters. The third kappa shape index (κ3) is 4.63. The van der Waals surface area contributed by atoms with Crippen LogP contribution in [0, 0.1) is 0 Å². The van der Waals surface area contributed by atoms with Crippen LogP contribution in [0.3, 0.4) is 0 Å². The standard InChI is InChI=1S/C27H24N4O3/c28-26(32)24-16-22-17-31(24)14-13-29-18-33-25-12-6-10-19(25)7-2-1-3-9-21-15-20-8-4-5-11-23(20)30-27(21)34-22/h1-16,18,24,27,30H,17H2,(H2,28,32)/b2-1-,9-3-,14-13-,19-7-,29-18?. The van der Waals surface area contributed by atoms with E-state index in [0.717, 1.165) is 22.4 Å². The lowest BCUT2D eigenvalue weighted by atomic mass is 10.0. The zero-order valence-electron chi connectivity index (χ0n) is 18.4. The zero-order valence-corrected chi connectivity index (χ0v) is 18.4. The summed E-state index contributed by atoms with van der Waals surface area (Å²) < 4.78 is 12.0. The fraction of sp³-hybridized carbons (Fsp3) is 0.111. The summed E-state index contributed by atoms with van der Waals surface area (Å²) in [5.41, 5.74) is 9.59. The van der Waals surface area contributed by atoms with Crippen molar-refractivity contribution in [3.05, 3.63) is 120 Å². The van der Waals surface area contributed by atoms with Crippen molar-refractivity contribution in [3.63, 3.8) is 0 Å². The highest BCUT2D eigenvalue weighted by molar-refractivity contribution is 5.83. The smallest absolute Gasteiger partial charge is 0.244 e. The van der Waals surface area contributed by atoms with Crippen LogP contribution in [-0.4, -0.2) is 36.0 Å². The van der Waals surface area contributed by atoms with Gasteiger partial charge in [-0.3, -0.25) is 4.79 Å². The predicted octanol–water partition coefficient (Wildman–Crippen LogP) is 3.91. The molecule has 1 aliphatic carbocycles. The van der Waals surface area contributed by atoms with Crippen molar-refractivity contribution >= 4 is 24.1 Å². The molecular formula is C27H24N4O3. The lowest BCUT2D eigenvalue weighted by molar-refractivity contribution is -0.120. The molecule has 0 saturated heterocycles. The summed E-state index contributed by atoms with van der Waals surface area (Å²) in [5, 5.41) is 3.45. The van der Waals surface area contributed by atoms with Crippen LogP contribution in [0.15, 0.2) is 119 Å². The van der Waals surface area contributed by atoms with E-state index in [1.165, 1.54) is 6.40 Å². The molecule has 1 aromatic carbocycles. The molecule has 3 aliphatic heterocycles. The molecule has 7 heteroatoms. The first-order chi connectivity index (χ1) is 16.7. The van der Waals surface area contributed by atoms with Gasteiger partial charge in [-0.25, -0.2) is 4.99 Å². The lowest BCUT2D eigenvalue weighted by Crippen LogP contribution is -2.37. The number of carbonyl (C=O) groups is 1. The highest BCUT2D eigenvalue weighted by Crippen LogP contribution is 2.30. The van der Waals surface area contributed by atoms with E-state index < -0.39 is 18.2 Å². The van der Waals surface area contributed by atoms with Gasteiger partial charge in [-0.15, -0.1) is 0 Å². The van der Waals surface area contributed by atoms with Crippen LogP contribution < -0.4 is 11.1 Å². The average Bonchev–Trinajstić information content (AvgIpc) is 3.45. The largest absolute Gasteiger partial charge is 0.469 e. The second kappa shape index (κ2) is 9.54. The average molecular weight is 453 g/mol. The summed E-state index contributed by atoms with van der Waals surface area (Å²) in [5.74, 6) is 0.890. The van der Waals surface area contributed by atoms with Crippen molar-refractivity contribution in [1.29, 1.82) is 0 Å². The number of primary amides is 1. The molecule has 170 valence electrons. The Morgan fingerprint density at radius 3 is 2.94 bits per heavy atom. The number of fused-ring (bicyclic) bond motifs is 5. The number of rotatable bonds is 1. The Morgan fingerprint density at radius 1 is 1.12 bits per heavy atom. The fourth-order valence-corrected chi connectivity index (χ4v) is 3.99. The van der Waals surface area contributed by atoms with Gasteiger partial charge in [-0.2, -0.15) is 0 Å². The lowest BCUT2D eigenvalue weighted by Gasteiger charge is -2.28. The third-order valence-electron chi connectivity index (χ3n) is 5.65. The molecule has 3 heterocycles. The number of ether oxygens (including phenoxy) is 2. The minimum atomic E-state index is -0.623. The number of aliphatic imine (C=N–C) groups is 1. The summed E-state index contributed by atoms with van der Waals surface area (Å²) in [6.07, 6.45) is 23.7. The summed E-state index contributed by atoms with van der Waals surface area (Å²) >= 11 is 0. The van der Waals surface area contributed by atoms with Crippen LogP contribution in [0.4, 0.5) is 5.69 Å². The Labute approximate surface area is 197 Å². The maximum atomic E-state index is 12.0. The number of amides is 1. The van der Waals surface area contributed by atoms with E-state index in [9.17, 15) is 4.79 Å². The number of para-hydroxylation sites is 1. The second-order valence-corrected chi connectivity index (χ2v) is 7.95. The van der Waals surface area contributed by atoms with Crippen LogP contribution in [0.5, 0.6) is 0 Å². The van der Waals surface area contributed by atoms with E-state index in [1.54, 1.807) is 23.4 Å². The molecule has 3 N–H and O–H groups in total. The molecule has 4 aliphatic rings. The number of allylic oxidation sites excluding steroid dienone is 7. The van der Waals surface area contributed by atoms with Gasteiger partial charge in [-0.05, 0) is 29.9 Å². The molecule has 2 bridgehead atoms. The van der Waals surface area contributed by atoms with Gasteiger partial charge >= 0.3 is 0 Å². The van der Waals surface area contributed by atoms with E-state index in [0.29, 0.717) is 18.1 Å². The maximum absolute atomic E-state index is 12.0. The SMILES string of the molecule is NC(=O)C1C=C2CN1/C=C\N=COC1=CC=C/C1=C/C=C\C=C/C1=Cc3ccccc3NC1O2. The monoisotopic (exact) mass is 452 g/mol. The summed E-state index contributed by atoms with van der Waals surface area (Å²) in [6, 6.07) is 7.42. The Morgan fingerprint density at radius 2 is 2.03 bits per heavy atom. The van der Waals surface area contributed by atoms with Crippen molar-refractivity contribution < 1.29 is 14.3 Å². The summed E-state index contributed by atoms with van der Waals surface area (Å²) in [4.78, 5) is 18.0. The highest BCUT2D eigenvalue weighted by atomic mass is 16.5. The van der Waals surface area contributed by atoms with Gasteiger partial charge in [0, 0.05) is 29.2 Å². The van der Waals surface area contributed by atoms with E-state index in [1.807, 2.05) is 66.8 Å². The molecule has 0 fully saturated rings. The van der Waals surface area contributed by atoms with Crippen LogP contribution in [0.2, 0.25) is 0 Å². The molecule has 1 amide bonds. The predicted molar refractivity (Wildman–Crippen MR) is 133 cm³/mol. The van der Waals surface area contributed by atoms with Gasteiger partial charge < -0.3 is 25.4 Å². The van der Waals surface area contributed by atoms with Gasteiger partial charge in [0.2, 0.25) is 5.91 Å². The van der Waals surface area contributed by atoms with E-state index in [-0.39, 0.29) is 0 Å². The number of carbonyl (C=O) groups excluding carboxylic acids is 1. The van der Waals surface area contributed by atoms with Crippen molar-refractivity contribution in [2.24, 2.45) is 10.7 Å². The van der Waals surface area contributed by atoms with Gasteiger partial charge in [0.25, 0.3) is 0 Å². The van der Waals surface area contributed by atoms with E-state index in [4.69, 9.17) is 15.2 Å². The van der Waals surface area contributed by atoms with Crippen molar-refractivity contribution in [2.45, 2.75) is 12.3 Å². The number of nitrogens with two attached hydrogens (primary N) is 1. The van der Waals surface area contributed by atoms with E-state index in [2.05, 4.69) is 22.5 Å². The first kappa shape index (κ1) is 21.3. The molecule has 0 radical (unpaired) electrons. The van der Waals surface area contributed by atoms with E-state index >= 15 is 0 Å². The molecular weight excluding hydrogens is 428 g/mol. The van der Waals surface area contributed by atoms with Gasteiger partial charge in [0.05, 0.1) is 6.54 Å². The highest BCUT2D eigenvalue weighted by Gasteiger charge is 2.30. The summed E-state index contributed by atoms with van der Waals surface area (Å²) in [7, 11) is 0. The number of nitrogens with zero attached hydrogens (tertiary/aromatic N) is 2. The van der Waals surface area contributed by atoms with Crippen molar-refractivity contribution in [2.75, 3.05) is 11.9 Å². The molecule has 0 aromatic heterocycles. The van der Waals surface area contributed by atoms with Gasteiger partial charge in [0.1, 0.15) is 17.6 Å². The maximum Gasteiger partial charge on any atom is 0.244 e. The zero-order chi connectivity index (χ0) is 23.3. The Kier molecular flexibility index (Phi) is 5.99. The van der Waals surface area contributed by atoms with Gasteiger partial charge in [0.15, 0.2) is 12.6 Å². The summed E-state index contributed by atoms with van der Waals surface area (Å²) in [6.45, 7) is 0.388. The number of nitrogens with one attached hydrogen (secondary N) is 1. The minimum absolute atomic E-state index is 0.388. The van der Waals surface area contributed by atoms with Crippen molar-refractivity contribution in [3.8, 4) is 0 Å². The Balaban J connectivity index is 1.49. The number of benzene rings is 1. The van der Waals surface area contributed by atoms with Crippen molar-refractivity contribution in [1.82, 2.24) is 4.90 Å². The fourth-order valence-electron chi connectivity index (χ4n) is 3.99. The molecule has 1 aromatic rings. The molecule has 0 spiro atoms. The molecule has 2 atom stereocenters. The number of anilines is 1. The minimum Gasteiger partial charge on any atom is -0.469 e. The second-order valence-electron chi connectivity index (χ2n) is 7.95. The Bertz CT molecular complexity index is 1260. The third-order valence-corrected chi connectivity index (χ3v) is 5.65. The molecule has 7 nitrogen and oxygen atoms in total. The number of hydrogen-bond acceptors (Lipinski definition) is 6. The van der Waals surface area contributed by atoms with Crippen LogP contribution in [0.1, 0.15) is 5.56 Å². The first-order valence-electron chi connectivity index (χ1n) is 11.0. The van der Waals surface area contributed by atoms with Gasteiger partial charge in [-0.1, -0.05) is 60.7 Å². The Hall–Kier alpha value is -4.52. The molecule has 34 heavy (non-hydrogen) atoms. The van der Waals surface area contributed by atoms with Crippen LogP contribution in [0.25, 0.3) is 6.08 Å².